The molecule has 0 saturated heterocycles. The molecule has 1 aromatic rings. The van der Waals surface area contributed by atoms with Crippen LogP contribution in [-0.2, 0) is 16.5 Å². The minimum atomic E-state index is -4.32. The second kappa shape index (κ2) is 14.0. The summed E-state index contributed by atoms with van der Waals surface area (Å²) < 4.78 is 31.9. The zero-order valence-corrected chi connectivity index (χ0v) is 18.6. The molecule has 0 atom stereocenters. The van der Waals surface area contributed by atoms with Gasteiger partial charge in [-0.05, 0) is 24.5 Å². The molecule has 0 aliphatic carbocycles. The van der Waals surface area contributed by atoms with Crippen LogP contribution < -0.4 is 34.7 Å². The molecular weight excluding hydrogens is 347 g/mol. The van der Waals surface area contributed by atoms with Crippen LogP contribution >= 0.6 is 0 Å². The molecule has 0 spiro atoms. The van der Waals surface area contributed by atoms with Gasteiger partial charge in [0.05, 0.1) is 4.90 Å². The predicted octanol–water partition coefficient (Wildman–Crippen LogP) is 1.86. The van der Waals surface area contributed by atoms with E-state index >= 15 is 0 Å². The fraction of sp³-hybridized carbons (Fsp3) is 0.684. The van der Waals surface area contributed by atoms with Gasteiger partial charge >= 0.3 is 29.6 Å². The van der Waals surface area contributed by atoms with E-state index in [-0.39, 0.29) is 34.5 Å². The van der Waals surface area contributed by atoms with Crippen molar-refractivity contribution in [2.24, 2.45) is 0 Å². The van der Waals surface area contributed by atoms with Gasteiger partial charge < -0.3 is 5.11 Å². The van der Waals surface area contributed by atoms with E-state index in [0.717, 1.165) is 25.3 Å². The molecule has 1 aromatic carbocycles. The predicted molar refractivity (Wildman–Crippen MR) is 95.9 cm³/mol. The summed E-state index contributed by atoms with van der Waals surface area (Å²) in [6, 6.07) is 3.87. The van der Waals surface area contributed by atoms with Crippen molar-refractivity contribution in [1.82, 2.24) is 0 Å². The van der Waals surface area contributed by atoms with Gasteiger partial charge in [0, 0.05) is 0 Å². The smallest absolute Gasteiger partial charge is 0.872 e. The molecule has 0 unspecified atom stereocenters. The summed E-state index contributed by atoms with van der Waals surface area (Å²) in [6.07, 6.45) is 14.1. The topological polar surface area (TPSA) is 77.4 Å². The maximum Gasteiger partial charge on any atom is 1.00 e. The molecule has 0 amide bonds. The Hall–Kier alpha value is -0.0700. The number of hydrogen-bond acceptors (Lipinski definition) is 3. The molecule has 6 heteroatoms. The van der Waals surface area contributed by atoms with Gasteiger partial charge in [-0.3, -0.25) is 4.55 Å². The summed E-state index contributed by atoms with van der Waals surface area (Å²) in [7, 11) is -4.32. The maximum atomic E-state index is 11.3. The first-order valence-electron chi connectivity index (χ1n) is 9.22. The molecule has 138 valence electrons. The first-order chi connectivity index (χ1) is 11.4. The molecule has 1 N–H and O–H groups in total. The Balaban J connectivity index is 0.00000576. The summed E-state index contributed by atoms with van der Waals surface area (Å²) in [5.74, 6) is -0.398. The van der Waals surface area contributed by atoms with Crippen LogP contribution in [0.25, 0.3) is 0 Å². The van der Waals surface area contributed by atoms with Gasteiger partial charge in [0.2, 0.25) is 0 Å². The van der Waals surface area contributed by atoms with E-state index in [1.165, 1.54) is 63.5 Å². The van der Waals surface area contributed by atoms with Crippen LogP contribution in [0.3, 0.4) is 0 Å². The van der Waals surface area contributed by atoms with E-state index in [4.69, 9.17) is 0 Å². The largest absolute Gasteiger partial charge is 1.00 e. The van der Waals surface area contributed by atoms with Crippen molar-refractivity contribution in [3.05, 3.63) is 23.8 Å². The van der Waals surface area contributed by atoms with Gasteiger partial charge in [-0.1, -0.05) is 83.3 Å². The molecule has 0 radical (unpaired) electrons. The third-order valence-electron chi connectivity index (χ3n) is 4.37. The van der Waals surface area contributed by atoms with Crippen LogP contribution in [0.4, 0.5) is 0 Å². The van der Waals surface area contributed by atoms with E-state index in [2.05, 4.69) is 6.92 Å². The van der Waals surface area contributed by atoms with Crippen molar-refractivity contribution in [3.8, 4) is 5.75 Å². The van der Waals surface area contributed by atoms with Crippen LogP contribution in [0.2, 0.25) is 0 Å². The van der Waals surface area contributed by atoms with Crippen molar-refractivity contribution in [1.29, 1.82) is 0 Å². The van der Waals surface area contributed by atoms with Gasteiger partial charge in [-0.15, -0.1) is 5.75 Å². The molecule has 25 heavy (non-hydrogen) atoms. The molecule has 0 aliphatic heterocycles. The van der Waals surface area contributed by atoms with Gasteiger partial charge in [-0.25, -0.2) is 0 Å². The summed E-state index contributed by atoms with van der Waals surface area (Å²) in [5, 5.41) is 11.3. The average Bonchev–Trinajstić information content (AvgIpc) is 2.53. The van der Waals surface area contributed by atoms with Crippen molar-refractivity contribution in [3.63, 3.8) is 0 Å². The van der Waals surface area contributed by atoms with E-state index in [1.807, 2.05) is 0 Å². The Morgan fingerprint density at radius 1 is 0.880 bits per heavy atom. The third kappa shape index (κ3) is 11.3. The number of benzene rings is 1. The van der Waals surface area contributed by atoms with E-state index < -0.39 is 15.9 Å². The molecule has 1 rings (SSSR count). The molecular formula is C19H31NaO4S. The maximum absolute atomic E-state index is 11.3. The SMILES string of the molecule is CCCCCCCCCCCCCc1ccc([O-])cc1S(=O)(=O)O.[Na+]. The minimum Gasteiger partial charge on any atom is -0.872 e. The van der Waals surface area contributed by atoms with E-state index in [9.17, 15) is 18.1 Å². The number of rotatable bonds is 13. The minimum absolute atomic E-state index is 0. The number of aryl methyl sites for hydroxylation is 1. The Bertz CT molecular complexity index is 573. The van der Waals surface area contributed by atoms with Crippen molar-refractivity contribution < 1.29 is 47.6 Å². The standard InChI is InChI=1S/C19H32O4S.Na/c1-2-3-4-5-6-7-8-9-10-11-12-13-17-14-15-18(20)16-19(17)24(21,22)23;/h14-16,20H,2-13H2,1H3,(H,21,22,23);/q;+1/p-1. The Kier molecular flexibility index (Phi) is 14.0. The van der Waals surface area contributed by atoms with E-state index in [1.54, 1.807) is 0 Å². The third-order valence-corrected chi connectivity index (χ3v) is 5.30. The van der Waals surface area contributed by atoms with Crippen LogP contribution in [0.15, 0.2) is 23.1 Å². The molecule has 0 heterocycles. The van der Waals surface area contributed by atoms with E-state index in [0.29, 0.717) is 12.0 Å². The summed E-state index contributed by atoms with van der Waals surface area (Å²) >= 11 is 0. The van der Waals surface area contributed by atoms with Crippen molar-refractivity contribution >= 4 is 10.1 Å². The fourth-order valence-electron chi connectivity index (χ4n) is 2.96. The molecule has 0 aromatic heterocycles. The number of unbranched alkanes of at least 4 members (excludes halogenated alkanes) is 10. The molecule has 0 aliphatic rings. The second-order valence-corrected chi connectivity index (χ2v) is 7.92. The van der Waals surface area contributed by atoms with Gasteiger partial charge in [0.25, 0.3) is 10.1 Å². The van der Waals surface area contributed by atoms with Gasteiger partial charge in [-0.2, -0.15) is 8.42 Å². The monoisotopic (exact) mass is 378 g/mol. The Morgan fingerprint density at radius 2 is 1.36 bits per heavy atom. The summed E-state index contributed by atoms with van der Waals surface area (Å²) in [5.41, 5.74) is 0.535. The Morgan fingerprint density at radius 3 is 1.84 bits per heavy atom. The zero-order chi connectivity index (χ0) is 17.8. The van der Waals surface area contributed by atoms with Crippen LogP contribution in [0.1, 0.15) is 83.1 Å². The van der Waals surface area contributed by atoms with Crippen LogP contribution in [0, 0.1) is 0 Å². The van der Waals surface area contributed by atoms with Crippen LogP contribution in [0.5, 0.6) is 5.75 Å². The van der Waals surface area contributed by atoms with Crippen molar-refractivity contribution in [2.45, 2.75) is 88.9 Å². The Labute approximate surface area is 175 Å². The summed E-state index contributed by atoms with van der Waals surface area (Å²) in [4.78, 5) is -0.234. The van der Waals surface area contributed by atoms with Crippen molar-refractivity contribution in [2.75, 3.05) is 0 Å². The van der Waals surface area contributed by atoms with Gasteiger partial charge in [0.1, 0.15) is 0 Å². The molecule has 0 fully saturated rings. The fourth-order valence-corrected chi connectivity index (χ4v) is 3.73. The van der Waals surface area contributed by atoms with Gasteiger partial charge in [0.15, 0.2) is 0 Å². The first-order valence-corrected chi connectivity index (χ1v) is 10.7. The normalized spacial score (nSPS) is 11.3. The van der Waals surface area contributed by atoms with Crippen LogP contribution in [-0.4, -0.2) is 13.0 Å². The number of hydrogen-bond donors (Lipinski definition) is 1. The molecule has 4 nitrogen and oxygen atoms in total. The zero-order valence-electron chi connectivity index (χ0n) is 15.8. The quantitative estimate of drug-likeness (QED) is 0.323. The summed E-state index contributed by atoms with van der Waals surface area (Å²) in [6.45, 7) is 2.23. The average molecular weight is 379 g/mol. The molecule has 0 saturated carbocycles. The second-order valence-electron chi connectivity index (χ2n) is 6.53. The molecule has 0 bridgehead atoms. The first kappa shape index (κ1) is 24.9.